The maximum atomic E-state index is 3.68. The number of hydrogen-bond donors (Lipinski definition) is 1. The second-order valence-corrected chi connectivity index (χ2v) is 5.89. The second-order valence-electron chi connectivity index (χ2n) is 5.89. The minimum Gasteiger partial charge on any atom is -0.313 e. The molecule has 1 N–H and O–H groups in total. The molecule has 0 spiro atoms. The van der Waals surface area contributed by atoms with Crippen LogP contribution < -0.4 is 5.32 Å². The molecule has 114 valence electrons. The lowest BCUT2D eigenvalue weighted by Gasteiger charge is -2.24. The van der Waals surface area contributed by atoms with E-state index >= 15 is 0 Å². The van der Waals surface area contributed by atoms with E-state index in [1.807, 2.05) is 0 Å². The molecule has 1 unspecified atom stereocenters. The number of rotatable bonds is 12. The molecule has 0 aromatic carbocycles. The van der Waals surface area contributed by atoms with Crippen LogP contribution in [0.5, 0.6) is 0 Å². The van der Waals surface area contributed by atoms with Crippen LogP contribution >= 0.6 is 0 Å². The predicted molar refractivity (Wildman–Crippen MR) is 84.7 cm³/mol. The Labute approximate surface area is 120 Å². The van der Waals surface area contributed by atoms with Crippen molar-refractivity contribution in [1.82, 2.24) is 15.1 Å². The van der Waals surface area contributed by atoms with Gasteiger partial charge >= 0.3 is 0 Å². The molecule has 0 radical (unpaired) electrons. The molecule has 0 aromatic heterocycles. The Morgan fingerprint density at radius 3 is 2.05 bits per heavy atom. The van der Waals surface area contributed by atoms with Crippen LogP contribution in [0.15, 0.2) is 0 Å². The lowest BCUT2D eigenvalue weighted by atomic mass is 10.2. The Morgan fingerprint density at radius 2 is 1.53 bits per heavy atom. The SMILES string of the molecule is CCN(CC)CCCN(CC)CCNC(C)C1CC1. The Hall–Kier alpha value is -0.120. The summed E-state index contributed by atoms with van der Waals surface area (Å²) in [5.41, 5.74) is 0. The molecule has 3 nitrogen and oxygen atoms in total. The van der Waals surface area contributed by atoms with Crippen LogP contribution in [0.25, 0.3) is 0 Å². The number of nitrogens with one attached hydrogen (secondary N) is 1. The third-order valence-electron chi connectivity index (χ3n) is 4.51. The zero-order valence-corrected chi connectivity index (χ0v) is 13.6. The van der Waals surface area contributed by atoms with E-state index in [0.717, 1.165) is 18.5 Å². The summed E-state index contributed by atoms with van der Waals surface area (Å²) in [5, 5.41) is 3.68. The maximum Gasteiger partial charge on any atom is 0.0107 e. The third-order valence-corrected chi connectivity index (χ3v) is 4.51. The first-order chi connectivity index (χ1) is 9.21. The van der Waals surface area contributed by atoms with Gasteiger partial charge in [0.1, 0.15) is 0 Å². The molecular formula is C16H35N3. The Kier molecular flexibility index (Phi) is 8.67. The summed E-state index contributed by atoms with van der Waals surface area (Å²) in [5.74, 6) is 0.970. The van der Waals surface area contributed by atoms with Crippen LogP contribution in [0, 0.1) is 5.92 Å². The summed E-state index contributed by atoms with van der Waals surface area (Å²) in [6.07, 6.45) is 4.18. The maximum absolute atomic E-state index is 3.68. The molecule has 0 aromatic rings. The van der Waals surface area contributed by atoms with E-state index in [9.17, 15) is 0 Å². The van der Waals surface area contributed by atoms with Crippen LogP contribution in [0.1, 0.15) is 47.0 Å². The van der Waals surface area contributed by atoms with Crippen molar-refractivity contribution in [2.45, 2.75) is 53.0 Å². The van der Waals surface area contributed by atoms with Crippen LogP contribution in [0.2, 0.25) is 0 Å². The molecule has 1 rings (SSSR count). The van der Waals surface area contributed by atoms with E-state index in [1.54, 1.807) is 0 Å². The Bertz CT molecular complexity index is 204. The molecule has 3 heteroatoms. The fraction of sp³-hybridized carbons (Fsp3) is 1.00. The van der Waals surface area contributed by atoms with Gasteiger partial charge in [-0.05, 0) is 64.8 Å². The van der Waals surface area contributed by atoms with Crippen LogP contribution in [-0.4, -0.2) is 61.7 Å². The molecule has 1 saturated carbocycles. The monoisotopic (exact) mass is 269 g/mol. The largest absolute Gasteiger partial charge is 0.313 e. The fourth-order valence-electron chi connectivity index (χ4n) is 2.70. The lowest BCUT2D eigenvalue weighted by Crippen LogP contribution is -2.38. The van der Waals surface area contributed by atoms with Gasteiger partial charge in [0, 0.05) is 19.1 Å². The van der Waals surface area contributed by atoms with Crippen molar-refractivity contribution in [1.29, 1.82) is 0 Å². The predicted octanol–water partition coefficient (Wildman–Crippen LogP) is 2.43. The Morgan fingerprint density at radius 1 is 0.947 bits per heavy atom. The highest BCUT2D eigenvalue weighted by Crippen LogP contribution is 2.32. The minimum atomic E-state index is 0.731. The molecule has 1 atom stereocenters. The van der Waals surface area contributed by atoms with Gasteiger partial charge < -0.3 is 15.1 Å². The molecule has 0 heterocycles. The van der Waals surface area contributed by atoms with Gasteiger partial charge in [0.2, 0.25) is 0 Å². The molecular weight excluding hydrogens is 234 g/mol. The van der Waals surface area contributed by atoms with Crippen LogP contribution in [0.3, 0.4) is 0 Å². The molecule has 1 aliphatic carbocycles. The smallest absolute Gasteiger partial charge is 0.0107 e. The van der Waals surface area contributed by atoms with Crippen molar-refractivity contribution < 1.29 is 0 Å². The van der Waals surface area contributed by atoms with Crippen molar-refractivity contribution in [3.63, 3.8) is 0 Å². The quantitative estimate of drug-likeness (QED) is 0.587. The normalized spacial score (nSPS) is 17.4. The summed E-state index contributed by atoms with van der Waals surface area (Å²) < 4.78 is 0. The molecule has 0 bridgehead atoms. The summed E-state index contributed by atoms with van der Waals surface area (Å²) in [4.78, 5) is 5.09. The molecule has 0 amide bonds. The van der Waals surface area contributed by atoms with Crippen LogP contribution in [0.4, 0.5) is 0 Å². The van der Waals surface area contributed by atoms with Gasteiger partial charge in [-0.25, -0.2) is 0 Å². The summed E-state index contributed by atoms with van der Waals surface area (Å²) in [7, 11) is 0. The Balaban J connectivity index is 2.04. The van der Waals surface area contributed by atoms with Gasteiger partial charge in [-0.2, -0.15) is 0 Å². The van der Waals surface area contributed by atoms with E-state index in [2.05, 4.69) is 42.8 Å². The van der Waals surface area contributed by atoms with Crippen molar-refractivity contribution in [2.75, 3.05) is 45.8 Å². The van der Waals surface area contributed by atoms with E-state index in [4.69, 9.17) is 0 Å². The fourth-order valence-corrected chi connectivity index (χ4v) is 2.70. The van der Waals surface area contributed by atoms with Crippen molar-refractivity contribution in [3.05, 3.63) is 0 Å². The van der Waals surface area contributed by atoms with E-state index < -0.39 is 0 Å². The van der Waals surface area contributed by atoms with E-state index in [-0.39, 0.29) is 0 Å². The van der Waals surface area contributed by atoms with Gasteiger partial charge in [0.15, 0.2) is 0 Å². The van der Waals surface area contributed by atoms with Crippen molar-refractivity contribution in [3.8, 4) is 0 Å². The average Bonchev–Trinajstić information content (AvgIpc) is 3.26. The average molecular weight is 269 g/mol. The molecule has 19 heavy (non-hydrogen) atoms. The summed E-state index contributed by atoms with van der Waals surface area (Å²) >= 11 is 0. The number of hydrogen-bond acceptors (Lipinski definition) is 3. The second kappa shape index (κ2) is 9.73. The van der Waals surface area contributed by atoms with Crippen molar-refractivity contribution >= 4 is 0 Å². The third kappa shape index (κ3) is 7.28. The number of likely N-dealkylation sites (N-methyl/N-ethyl adjacent to an activating group) is 1. The lowest BCUT2D eigenvalue weighted by molar-refractivity contribution is 0.241. The number of nitrogens with zero attached hydrogens (tertiary/aromatic N) is 2. The van der Waals surface area contributed by atoms with Gasteiger partial charge in [-0.1, -0.05) is 20.8 Å². The first-order valence-electron chi connectivity index (χ1n) is 8.39. The zero-order valence-electron chi connectivity index (χ0n) is 13.6. The zero-order chi connectivity index (χ0) is 14.1. The molecule has 0 aliphatic heterocycles. The first-order valence-corrected chi connectivity index (χ1v) is 8.39. The van der Waals surface area contributed by atoms with Gasteiger partial charge in [0.25, 0.3) is 0 Å². The molecule has 1 aliphatic rings. The topological polar surface area (TPSA) is 18.5 Å². The standard InChI is InChI=1S/C16H35N3/c1-5-18(6-2)12-8-13-19(7-3)14-11-17-15(4)16-9-10-16/h15-17H,5-14H2,1-4H3. The van der Waals surface area contributed by atoms with E-state index in [1.165, 1.54) is 58.5 Å². The van der Waals surface area contributed by atoms with Crippen LogP contribution in [-0.2, 0) is 0 Å². The van der Waals surface area contributed by atoms with Gasteiger partial charge in [-0.15, -0.1) is 0 Å². The van der Waals surface area contributed by atoms with Gasteiger partial charge in [-0.3, -0.25) is 0 Å². The highest BCUT2D eigenvalue weighted by molar-refractivity contribution is 4.83. The minimum absolute atomic E-state index is 0.731. The molecule has 1 fully saturated rings. The van der Waals surface area contributed by atoms with Gasteiger partial charge in [0.05, 0.1) is 0 Å². The molecule has 0 saturated heterocycles. The highest BCUT2D eigenvalue weighted by atomic mass is 15.1. The van der Waals surface area contributed by atoms with E-state index in [0.29, 0.717) is 0 Å². The highest BCUT2D eigenvalue weighted by Gasteiger charge is 2.27. The first kappa shape index (κ1) is 16.9. The summed E-state index contributed by atoms with van der Waals surface area (Å²) in [6.45, 7) is 17.5. The summed E-state index contributed by atoms with van der Waals surface area (Å²) in [6, 6.07) is 0.731. The van der Waals surface area contributed by atoms with Crippen molar-refractivity contribution in [2.24, 2.45) is 5.92 Å².